The van der Waals surface area contributed by atoms with E-state index in [1.165, 1.54) is 0 Å². The van der Waals surface area contributed by atoms with Crippen molar-refractivity contribution in [2.24, 2.45) is 0 Å². The van der Waals surface area contributed by atoms with Gasteiger partial charge in [0.05, 0.1) is 22.7 Å². The predicted molar refractivity (Wildman–Crippen MR) is 87.5 cm³/mol. The Labute approximate surface area is 132 Å². The molecule has 2 aromatic heterocycles. The number of nitrogens with zero attached hydrogens (tertiary/aromatic N) is 2. The molecule has 0 amide bonds. The van der Waals surface area contributed by atoms with Crippen LogP contribution in [-0.2, 0) is 11.2 Å². The van der Waals surface area contributed by atoms with Gasteiger partial charge in [-0.2, -0.15) is 0 Å². The van der Waals surface area contributed by atoms with Crippen molar-refractivity contribution in [2.45, 2.75) is 20.3 Å². The van der Waals surface area contributed by atoms with Crippen LogP contribution in [0.25, 0.3) is 16.7 Å². The van der Waals surface area contributed by atoms with Crippen molar-refractivity contribution in [1.82, 2.24) is 9.38 Å². The first-order valence-corrected chi connectivity index (χ1v) is 7.52. The quantitative estimate of drug-likeness (QED) is 0.751. The fourth-order valence-electron chi connectivity index (χ4n) is 2.65. The number of halogens is 1. The summed E-state index contributed by atoms with van der Waals surface area (Å²) < 4.78 is 6.90. The molecule has 3 aromatic rings. The van der Waals surface area contributed by atoms with Crippen LogP contribution in [0.3, 0.4) is 0 Å². The van der Waals surface area contributed by atoms with Crippen LogP contribution in [-0.4, -0.2) is 22.0 Å². The largest absolute Gasteiger partial charge is 0.462 e. The maximum atomic E-state index is 12.3. The van der Waals surface area contributed by atoms with E-state index in [4.69, 9.17) is 22.1 Å². The van der Waals surface area contributed by atoms with E-state index in [0.29, 0.717) is 22.9 Å². The Morgan fingerprint density at radius 2 is 2.09 bits per heavy atom. The third-order valence-corrected chi connectivity index (χ3v) is 4.07. The summed E-state index contributed by atoms with van der Waals surface area (Å²) in [5.41, 5.74) is 9.29. The molecule has 3 rings (SSSR count). The number of benzene rings is 1. The molecule has 6 heteroatoms. The molecule has 0 fully saturated rings. The smallest absolute Gasteiger partial charge is 0.343 e. The van der Waals surface area contributed by atoms with E-state index in [1.54, 1.807) is 11.3 Å². The van der Waals surface area contributed by atoms with Crippen molar-refractivity contribution in [2.75, 3.05) is 12.3 Å². The highest BCUT2D eigenvalue weighted by Crippen LogP contribution is 2.33. The lowest BCUT2D eigenvalue weighted by Gasteiger charge is -2.14. The second kappa shape index (κ2) is 5.50. The number of carbonyl (C=O) groups is 1. The SMILES string of the molecule is CCOC(=O)c1c(Cl)c(CC)c(N)n2c1nc1ccccc12. The van der Waals surface area contributed by atoms with Crippen LogP contribution in [0.4, 0.5) is 5.82 Å². The van der Waals surface area contributed by atoms with Gasteiger partial charge >= 0.3 is 5.97 Å². The highest BCUT2D eigenvalue weighted by Gasteiger charge is 2.24. The van der Waals surface area contributed by atoms with Gasteiger partial charge in [-0.15, -0.1) is 0 Å². The first-order valence-electron chi connectivity index (χ1n) is 7.14. The highest BCUT2D eigenvalue weighted by molar-refractivity contribution is 6.35. The van der Waals surface area contributed by atoms with E-state index < -0.39 is 5.97 Å². The zero-order chi connectivity index (χ0) is 15.9. The summed E-state index contributed by atoms with van der Waals surface area (Å²) in [4.78, 5) is 16.8. The average molecular weight is 318 g/mol. The van der Waals surface area contributed by atoms with Crippen LogP contribution in [0.1, 0.15) is 29.8 Å². The van der Waals surface area contributed by atoms with Crippen molar-refractivity contribution < 1.29 is 9.53 Å². The summed E-state index contributed by atoms with van der Waals surface area (Å²) in [5, 5.41) is 0.321. The van der Waals surface area contributed by atoms with Crippen LogP contribution >= 0.6 is 11.6 Å². The number of carbonyl (C=O) groups excluding carboxylic acids is 1. The summed E-state index contributed by atoms with van der Waals surface area (Å²) in [6.45, 7) is 3.97. The topological polar surface area (TPSA) is 69.6 Å². The molecule has 0 aliphatic heterocycles. The Balaban J connectivity index is 2.50. The molecule has 0 saturated carbocycles. The molecule has 0 saturated heterocycles. The van der Waals surface area contributed by atoms with E-state index in [1.807, 2.05) is 31.2 Å². The number of ether oxygens (including phenoxy) is 1. The molecule has 0 atom stereocenters. The number of esters is 1. The van der Waals surface area contributed by atoms with Crippen LogP contribution < -0.4 is 5.73 Å². The van der Waals surface area contributed by atoms with Gasteiger partial charge in [0.1, 0.15) is 11.4 Å². The van der Waals surface area contributed by atoms with Gasteiger partial charge in [0.15, 0.2) is 5.65 Å². The molecule has 22 heavy (non-hydrogen) atoms. The lowest BCUT2D eigenvalue weighted by Crippen LogP contribution is -2.12. The minimum Gasteiger partial charge on any atom is -0.462 e. The van der Waals surface area contributed by atoms with Crippen LogP contribution in [0.5, 0.6) is 0 Å². The van der Waals surface area contributed by atoms with Gasteiger partial charge in [0, 0.05) is 5.56 Å². The molecule has 0 radical (unpaired) electrons. The number of nitrogen functional groups attached to an aromatic ring is 1. The molecule has 2 heterocycles. The van der Waals surface area contributed by atoms with Gasteiger partial charge in [-0.1, -0.05) is 30.7 Å². The lowest BCUT2D eigenvalue weighted by atomic mass is 10.1. The summed E-state index contributed by atoms with van der Waals surface area (Å²) in [6, 6.07) is 7.57. The monoisotopic (exact) mass is 317 g/mol. The number of anilines is 1. The van der Waals surface area contributed by atoms with E-state index in [2.05, 4.69) is 4.98 Å². The number of fused-ring (bicyclic) bond motifs is 3. The van der Waals surface area contributed by atoms with E-state index in [-0.39, 0.29) is 12.2 Å². The average Bonchev–Trinajstić information content (AvgIpc) is 2.87. The van der Waals surface area contributed by atoms with Gasteiger partial charge in [-0.3, -0.25) is 4.40 Å². The third-order valence-electron chi connectivity index (χ3n) is 3.65. The minimum absolute atomic E-state index is 0.269. The summed E-state index contributed by atoms with van der Waals surface area (Å²) in [6.07, 6.45) is 0.611. The Hall–Kier alpha value is -2.27. The number of aromatic nitrogens is 2. The number of rotatable bonds is 3. The first-order chi connectivity index (χ1) is 10.6. The van der Waals surface area contributed by atoms with Crippen LogP contribution in [0.2, 0.25) is 5.02 Å². The van der Waals surface area contributed by atoms with Crippen LogP contribution in [0, 0.1) is 0 Å². The number of nitrogens with two attached hydrogens (primary N) is 1. The third kappa shape index (κ3) is 2.01. The van der Waals surface area contributed by atoms with Crippen molar-refractivity contribution in [3.8, 4) is 0 Å². The molecular weight excluding hydrogens is 302 g/mol. The maximum absolute atomic E-state index is 12.3. The van der Waals surface area contributed by atoms with Gasteiger partial charge in [-0.25, -0.2) is 9.78 Å². The summed E-state index contributed by atoms with van der Waals surface area (Å²) >= 11 is 6.42. The van der Waals surface area contributed by atoms with Crippen molar-refractivity contribution in [3.05, 3.63) is 40.4 Å². The summed E-state index contributed by atoms with van der Waals surface area (Å²) in [7, 11) is 0. The fraction of sp³-hybridized carbons (Fsp3) is 0.250. The predicted octanol–water partition coefficient (Wildman–Crippen LogP) is 3.46. The molecule has 2 N–H and O–H groups in total. The Kier molecular flexibility index (Phi) is 3.66. The van der Waals surface area contributed by atoms with Gasteiger partial charge < -0.3 is 10.5 Å². The molecular formula is C16H16ClN3O2. The number of para-hydroxylation sites is 2. The van der Waals surface area contributed by atoms with Crippen molar-refractivity contribution in [1.29, 1.82) is 0 Å². The second-order valence-corrected chi connectivity index (χ2v) is 5.26. The second-order valence-electron chi connectivity index (χ2n) is 4.89. The fourth-order valence-corrected chi connectivity index (χ4v) is 3.05. The molecule has 114 valence electrons. The standard InChI is InChI=1S/C16H16ClN3O2/c1-3-9-13(17)12(16(21)22-4-2)15-19-10-7-5-6-8-11(10)20(15)14(9)18/h5-8H,3-4,18H2,1-2H3. The Morgan fingerprint density at radius 3 is 2.77 bits per heavy atom. The molecule has 0 aliphatic rings. The molecule has 1 aromatic carbocycles. The number of pyridine rings is 1. The Morgan fingerprint density at radius 1 is 1.36 bits per heavy atom. The zero-order valence-corrected chi connectivity index (χ0v) is 13.1. The van der Waals surface area contributed by atoms with Crippen LogP contribution in [0.15, 0.2) is 24.3 Å². The zero-order valence-electron chi connectivity index (χ0n) is 12.4. The molecule has 0 bridgehead atoms. The van der Waals surface area contributed by atoms with Crippen molar-refractivity contribution in [3.63, 3.8) is 0 Å². The van der Waals surface area contributed by atoms with E-state index in [9.17, 15) is 4.79 Å². The molecule has 0 aliphatic carbocycles. The minimum atomic E-state index is -0.484. The number of hydrogen-bond acceptors (Lipinski definition) is 4. The van der Waals surface area contributed by atoms with Gasteiger partial charge in [0.2, 0.25) is 0 Å². The number of imidazole rings is 1. The lowest BCUT2D eigenvalue weighted by molar-refractivity contribution is 0.0528. The molecule has 0 spiro atoms. The van der Waals surface area contributed by atoms with Gasteiger partial charge in [0.25, 0.3) is 0 Å². The highest BCUT2D eigenvalue weighted by atomic mass is 35.5. The Bertz CT molecular complexity index is 886. The van der Waals surface area contributed by atoms with Crippen molar-refractivity contribution >= 4 is 40.1 Å². The molecule has 0 unspecified atom stereocenters. The first kappa shape index (κ1) is 14.7. The maximum Gasteiger partial charge on any atom is 0.343 e. The molecule has 5 nitrogen and oxygen atoms in total. The van der Waals surface area contributed by atoms with Gasteiger partial charge in [-0.05, 0) is 25.5 Å². The van der Waals surface area contributed by atoms with E-state index in [0.717, 1.165) is 16.6 Å². The summed E-state index contributed by atoms with van der Waals surface area (Å²) in [5.74, 6) is 0.0201. The number of hydrogen-bond donors (Lipinski definition) is 1. The normalized spacial score (nSPS) is 11.2. The van der Waals surface area contributed by atoms with E-state index >= 15 is 0 Å².